The van der Waals surface area contributed by atoms with Gasteiger partial charge in [-0.25, -0.2) is 9.59 Å². The summed E-state index contributed by atoms with van der Waals surface area (Å²) in [5.41, 5.74) is 1.33. The van der Waals surface area contributed by atoms with Crippen molar-refractivity contribution in [2.75, 3.05) is 32.7 Å². The van der Waals surface area contributed by atoms with Crippen LogP contribution in [-0.2, 0) is 16.1 Å². The smallest absolute Gasteiger partial charge is 0.414 e. The minimum absolute atomic E-state index is 0.844. The third kappa shape index (κ3) is 8.12. The van der Waals surface area contributed by atoms with Crippen molar-refractivity contribution in [3.05, 3.63) is 47.0 Å². The van der Waals surface area contributed by atoms with Gasteiger partial charge in [-0.1, -0.05) is 35.9 Å². The number of hydrogen-bond donors (Lipinski definition) is 2. The van der Waals surface area contributed by atoms with Crippen LogP contribution in [0.5, 0.6) is 0 Å². The zero-order valence-corrected chi connectivity index (χ0v) is 16.1. The molecule has 0 bridgehead atoms. The van der Waals surface area contributed by atoms with Gasteiger partial charge < -0.3 is 15.1 Å². The first-order chi connectivity index (χ1) is 12.9. The largest absolute Gasteiger partial charge is 0.473 e. The molecule has 1 heterocycles. The van der Waals surface area contributed by atoms with Crippen LogP contribution in [0.15, 0.2) is 36.4 Å². The Labute approximate surface area is 165 Å². The first kappa shape index (κ1) is 21.4. The molecule has 0 amide bonds. The molecular weight excluding hydrogens is 368 g/mol. The van der Waals surface area contributed by atoms with Gasteiger partial charge in [-0.3, -0.25) is 4.90 Å². The minimum Gasteiger partial charge on any atom is -0.473 e. The quantitative estimate of drug-likeness (QED) is 0.603. The highest BCUT2D eigenvalue weighted by molar-refractivity contribution is 6.30. The van der Waals surface area contributed by atoms with Crippen LogP contribution in [0.1, 0.15) is 24.8 Å². The molecule has 27 heavy (non-hydrogen) atoms. The number of carbonyl (C=O) groups is 2. The number of carboxylic acid groups (broad SMARTS) is 2. The average molecular weight is 395 g/mol. The summed E-state index contributed by atoms with van der Waals surface area (Å²) in [5, 5.41) is 15.6. The molecule has 1 aromatic carbocycles. The Morgan fingerprint density at radius 2 is 1.70 bits per heavy atom. The summed E-state index contributed by atoms with van der Waals surface area (Å²) in [6.45, 7) is 7.08. The van der Waals surface area contributed by atoms with Crippen LogP contribution in [0, 0.1) is 5.92 Å². The molecule has 2 N–H and O–H groups in total. The molecule has 1 fully saturated rings. The van der Waals surface area contributed by atoms with E-state index in [0.717, 1.165) is 17.5 Å². The maximum Gasteiger partial charge on any atom is 0.414 e. The molecule has 3 rings (SSSR count). The van der Waals surface area contributed by atoms with Crippen LogP contribution >= 0.6 is 11.6 Å². The molecule has 0 aromatic heterocycles. The number of hydrogen-bond acceptors (Lipinski definition) is 4. The van der Waals surface area contributed by atoms with Gasteiger partial charge in [0.2, 0.25) is 0 Å². The number of piperazine rings is 1. The van der Waals surface area contributed by atoms with Gasteiger partial charge in [-0.05, 0) is 42.9 Å². The van der Waals surface area contributed by atoms with Crippen LogP contribution in [0.3, 0.4) is 0 Å². The summed E-state index contributed by atoms with van der Waals surface area (Å²) < 4.78 is 0. The molecule has 148 valence electrons. The predicted molar refractivity (Wildman–Crippen MR) is 105 cm³/mol. The molecule has 0 saturated carbocycles. The molecule has 1 aromatic rings. The molecule has 6 nitrogen and oxygen atoms in total. The summed E-state index contributed by atoms with van der Waals surface area (Å²) in [6, 6.07) is 8.25. The molecular formula is C20H27ClN2O4. The summed E-state index contributed by atoms with van der Waals surface area (Å²) in [6.07, 6.45) is 8.63. The Morgan fingerprint density at radius 1 is 1.04 bits per heavy atom. The number of nitrogens with zero attached hydrogens (tertiary/aromatic N) is 2. The molecule has 1 aliphatic heterocycles. The van der Waals surface area contributed by atoms with E-state index in [9.17, 15) is 0 Å². The lowest BCUT2D eigenvalue weighted by Gasteiger charge is -2.36. The molecule has 0 spiro atoms. The fraction of sp³-hybridized carbons (Fsp3) is 0.500. The van der Waals surface area contributed by atoms with Gasteiger partial charge in [0.05, 0.1) is 0 Å². The van der Waals surface area contributed by atoms with Crippen LogP contribution in [0.2, 0.25) is 5.02 Å². The Kier molecular flexibility index (Phi) is 8.78. The van der Waals surface area contributed by atoms with Crippen molar-refractivity contribution in [2.45, 2.75) is 25.8 Å². The van der Waals surface area contributed by atoms with Crippen molar-refractivity contribution in [2.24, 2.45) is 5.92 Å². The van der Waals surface area contributed by atoms with Gasteiger partial charge in [-0.2, -0.15) is 0 Å². The first-order valence-electron chi connectivity index (χ1n) is 9.24. The predicted octanol–water partition coefficient (Wildman–Crippen LogP) is 2.97. The summed E-state index contributed by atoms with van der Waals surface area (Å²) in [5.74, 6) is -2.76. The molecule has 1 unspecified atom stereocenters. The average Bonchev–Trinajstić information content (AvgIpc) is 2.65. The Bertz CT molecular complexity index is 645. The lowest BCUT2D eigenvalue weighted by Crippen LogP contribution is -2.47. The van der Waals surface area contributed by atoms with Gasteiger partial charge in [-0.15, -0.1) is 0 Å². The van der Waals surface area contributed by atoms with Crippen LogP contribution < -0.4 is 0 Å². The van der Waals surface area contributed by atoms with Gasteiger partial charge in [0.1, 0.15) is 0 Å². The van der Waals surface area contributed by atoms with E-state index in [1.807, 2.05) is 12.1 Å². The third-order valence-corrected chi connectivity index (χ3v) is 5.07. The van der Waals surface area contributed by atoms with E-state index in [4.69, 9.17) is 31.4 Å². The molecule has 1 atom stereocenters. The number of halogens is 1. The molecule has 2 aliphatic rings. The maximum absolute atomic E-state index is 9.10. The molecule has 1 aliphatic carbocycles. The Balaban J connectivity index is 0.000000380. The van der Waals surface area contributed by atoms with E-state index in [0.29, 0.717) is 0 Å². The normalized spacial score (nSPS) is 20.6. The topological polar surface area (TPSA) is 81.1 Å². The zero-order chi connectivity index (χ0) is 19.6. The summed E-state index contributed by atoms with van der Waals surface area (Å²) in [4.78, 5) is 23.4. The lowest BCUT2D eigenvalue weighted by atomic mass is 9.94. The van der Waals surface area contributed by atoms with Crippen molar-refractivity contribution in [3.63, 3.8) is 0 Å². The second-order valence-electron chi connectivity index (χ2n) is 6.97. The van der Waals surface area contributed by atoms with E-state index < -0.39 is 11.9 Å². The van der Waals surface area contributed by atoms with Crippen LogP contribution in [0.4, 0.5) is 0 Å². The number of aliphatic carboxylic acids is 2. The zero-order valence-electron chi connectivity index (χ0n) is 15.4. The van der Waals surface area contributed by atoms with Crippen molar-refractivity contribution in [3.8, 4) is 0 Å². The van der Waals surface area contributed by atoms with E-state index in [-0.39, 0.29) is 0 Å². The van der Waals surface area contributed by atoms with Crippen molar-refractivity contribution in [1.82, 2.24) is 9.80 Å². The van der Waals surface area contributed by atoms with Gasteiger partial charge in [0.25, 0.3) is 0 Å². The Morgan fingerprint density at radius 3 is 2.26 bits per heavy atom. The van der Waals surface area contributed by atoms with Gasteiger partial charge in [0, 0.05) is 44.3 Å². The highest BCUT2D eigenvalue weighted by Gasteiger charge is 2.20. The first-order valence-corrected chi connectivity index (χ1v) is 9.62. The third-order valence-electron chi connectivity index (χ3n) is 4.84. The number of allylic oxidation sites excluding steroid dienone is 2. The van der Waals surface area contributed by atoms with E-state index in [1.165, 1.54) is 57.5 Å². The highest BCUT2D eigenvalue weighted by atomic mass is 35.5. The summed E-state index contributed by atoms with van der Waals surface area (Å²) in [7, 11) is 0. The molecule has 0 radical (unpaired) electrons. The summed E-state index contributed by atoms with van der Waals surface area (Å²) >= 11 is 6.06. The van der Waals surface area contributed by atoms with Crippen LogP contribution in [0.25, 0.3) is 0 Å². The second kappa shape index (κ2) is 11.1. The molecule has 7 heteroatoms. The Hall–Kier alpha value is -1.89. The fourth-order valence-electron chi connectivity index (χ4n) is 3.41. The second-order valence-corrected chi connectivity index (χ2v) is 7.40. The lowest BCUT2D eigenvalue weighted by molar-refractivity contribution is -0.159. The minimum atomic E-state index is -1.82. The maximum atomic E-state index is 9.10. The SMILES string of the molecule is Clc1cccc(CN2CCN(CC3CC=CCC3)CC2)c1.O=C(O)C(=O)O. The standard InChI is InChI=1S/C18H25ClN2.C2H2O4/c19-18-8-4-7-17(13-18)15-21-11-9-20(10-12-21)14-16-5-2-1-3-6-16;3-1(4)2(5)6/h1-2,4,7-8,13,16H,3,5-6,9-12,14-15H2;(H,3,4)(H,5,6). The fourth-order valence-corrected chi connectivity index (χ4v) is 3.62. The number of rotatable bonds is 4. The van der Waals surface area contributed by atoms with Crippen molar-refractivity contribution >= 4 is 23.5 Å². The highest BCUT2D eigenvalue weighted by Crippen LogP contribution is 2.20. The van der Waals surface area contributed by atoms with E-state index >= 15 is 0 Å². The number of carboxylic acids is 2. The monoisotopic (exact) mass is 394 g/mol. The molecule has 1 saturated heterocycles. The number of benzene rings is 1. The van der Waals surface area contributed by atoms with Crippen molar-refractivity contribution in [1.29, 1.82) is 0 Å². The van der Waals surface area contributed by atoms with Gasteiger partial charge in [0.15, 0.2) is 0 Å². The van der Waals surface area contributed by atoms with Gasteiger partial charge >= 0.3 is 11.9 Å². The van der Waals surface area contributed by atoms with E-state index in [2.05, 4.69) is 34.1 Å². The van der Waals surface area contributed by atoms with Crippen molar-refractivity contribution < 1.29 is 19.8 Å². The van der Waals surface area contributed by atoms with E-state index in [1.54, 1.807) is 0 Å². The van der Waals surface area contributed by atoms with Crippen LogP contribution in [-0.4, -0.2) is 64.7 Å².